The molecule has 37 heavy (non-hydrogen) atoms. The Morgan fingerprint density at radius 3 is 2.81 bits per heavy atom. The summed E-state index contributed by atoms with van der Waals surface area (Å²) >= 11 is 1.65. The van der Waals surface area contributed by atoms with Crippen LogP contribution in [-0.2, 0) is 11.3 Å². The second-order valence-electron chi connectivity index (χ2n) is 9.90. The minimum absolute atomic E-state index is 0.0829. The largest absolute Gasteiger partial charge is 0.355 e. The van der Waals surface area contributed by atoms with E-state index in [2.05, 4.69) is 69.1 Å². The molecule has 1 unspecified atom stereocenters. The first-order chi connectivity index (χ1) is 18.0. The molecule has 0 saturated carbocycles. The summed E-state index contributed by atoms with van der Waals surface area (Å²) in [5.41, 5.74) is 4.50. The van der Waals surface area contributed by atoms with Crippen molar-refractivity contribution in [2.75, 3.05) is 43.0 Å². The fourth-order valence-corrected chi connectivity index (χ4v) is 6.48. The Morgan fingerprint density at radius 2 is 1.97 bits per heavy atom. The first-order valence-corrected chi connectivity index (χ1v) is 13.6. The van der Waals surface area contributed by atoms with Crippen LogP contribution < -0.4 is 15.1 Å². The summed E-state index contributed by atoms with van der Waals surface area (Å²) in [5.74, 6) is 1.75. The molecule has 6 rings (SSSR count). The molecule has 3 aromatic rings. The number of hydrogen-bond donors (Lipinski definition) is 1. The topological polar surface area (TPSA) is 77.5 Å². The number of nitrogens with zero attached hydrogens (tertiary/aromatic N) is 6. The van der Waals surface area contributed by atoms with Gasteiger partial charge in [-0.15, -0.1) is 0 Å². The fraction of sp³-hybridized carbons (Fsp3) is 0.333. The average molecular weight is 511 g/mol. The molecular weight excluding hydrogens is 481 g/mol. The lowest BCUT2D eigenvalue weighted by Gasteiger charge is -2.34. The minimum Gasteiger partial charge on any atom is -0.355 e. The molecule has 1 fully saturated rings. The highest BCUT2D eigenvalue weighted by molar-refractivity contribution is 8.03. The van der Waals surface area contributed by atoms with Gasteiger partial charge in [0.25, 0.3) is 0 Å². The molecule has 0 radical (unpaired) electrons. The number of aromatic nitrogens is 3. The van der Waals surface area contributed by atoms with Gasteiger partial charge in [0, 0.05) is 36.3 Å². The van der Waals surface area contributed by atoms with Gasteiger partial charge in [0.15, 0.2) is 0 Å². The van der Waals surface area contributed by atoms with Crippen LogP contribution in [-0.4, -0.2) is 66.8 Å². The van der Waals surface area contributed by atoms with Crippen molar-refractivity contribution < 1.29 is 4.79 Å². The number of rotatable bonds is 4. The monoisotopic (exact) mass is 511 g/mol. The van der Waals surface area contributed by atoms with Gasteiger partial charge < -0.3 is 15.1 Å². The molecule has 8 nitrogen and oxygen atoms in total. The predicted molar refractivity (Wildman–Crippen MR) is 150 cm³/mol. The number of carbonyl (C=O) groups is 1. The van der Waals surface area contributed by atoms with E-state index in [0.717, 1.165) is 82.4 Å². The Morgan fingerprint density at radius 1 is 1.11 bits per heavy atom. The summed E-state index contributed by atoms with van der Waals surface area (Å²) in [6.45, 7) is 6.32. The molecule has 1 saturated heterocycles. The van der Waals surface area contributed by atoms with Crippen LogP contribution in [0.4, 0.5) is 17.3 Å². The zero-order valence-corrected chi connectivity index (χ0v) is 22.3. The smallest absolute Gasteiger partial charge is 0.250 e. The molecule has 2 aromatic heterocycles. The molecule has 0 aliphatic carbocycles. The number of hydrogen-bond acceptors (Lipinski definition) is 8. The molecule has 188 valence electrons. The molecular formula is C27H30BN7OS. The molecule has 3 aliphatic rings. The van der Waals surface area contributed by atoms with Crippen LogP contribution in [0, 0.1) is 6.92 Å². The number of nitrogens with one attached hydrogen (secondary N) is 1. The van der Waals surface area contributed by atoms with Gasteiger partial charge in [-0.25, -0.2) is 4.98 Å². The Hall–Kier alpha value is -3.37. The highest BCUT2D eigenvalue weighted by Gasteiger charge is 2.40. The molecule has 5 heterocycles. The van der Waals surface area contributed by atoms with Gasteiger partial charge in [-0.05, 0) is 56.5 Å². The molecule has 0 bridgehead atoms. The number of aryl methyl sites for hydroxylation is 1. The van der Waals surface area contributed by atoms with Gasteiger partial charge in [-0.1, -0.05) is 30.0 Å². The maximum Gasteiger partial charge on any atom is 0.250 e. The zero-order chi connectivity index (χ0) is 25.5. The van der Waals surface area contributed by atoms with Gasteiger partial charge in [0.2, 0.25) is 5.91 Å². The zero-order valence-electron chi connectivity index (χ0n) is 21.4. The van der Waals surface area contributed by atoms with Crippen LogP contribution in [0.25, 0.3) is 0 Å². The van der Waals surface area contributed by atoms with E-state index in [0.29, 0.717) is 6.54 Å². The quantitative estimate of drug-likeness (QED) is 0.536. The van der Waals surface area contributed by atoms with Crippen molar-refractivity contribution in [2.45, 2.75) is 30.6 Å². The minimum atomic E-state index is -0.0935. The van der Waals surface area contributed by atoms with Crippen LogP contribution in [0.15, 0.2) is 64.3 Å². The number of anilines is 3. The van der Waals surface area contributed by atoms with E-state index in [4.69, 9.17) is 4.98 Å². The number of benzene rings is 1. The highest BCUT2D eigenvalue weighted by Crippen LogP contribution is 2.56. The van der Waals surface area contributed by atoms with Crippen LogP contribution in [0.3, 0.4) is 0 Å². The van der Waals surface area contributed by atoms with Crippen molar-refractivity contribution in [2.24, 2.45) is 0 Å². The van der Waals surface area contributed by atoms with E-state index in [-0.39, 0.29) is 11.7 Å². The summed E-state index contributed by atoms with van der Waals surface area (Å²) in [6.07, 6.45) is 4.56. The van der Waals surface area contributed by atoms with Gasteiger partial charge in [-0.2, -0.15) is 0 Å². The van der Waals surface area contributed by atoms with E-state index in [1.807, 2.05) is 19.1 Å². The van der Waals surface area contributed by atoms with Crippen LogP contribution in [0.5, 0.6) is 0 Å². The van der Waals surface area contributed by atoms with Crippen LogP contribution >= 0.6 is 11.8 Å². The molecule has 0 spiro atoms. The van der Waals surface area contributed by atoms with Gasteiger partial charge in [-0.3, -0.25) is 19.7 Å². The number of amides is 1. The van der Waals surface area contributed by atoms with E-state index in [9.17, 15) is 4.79 Å². The lowest BCUT2D eigenvalue weighted by Crippen LogP contribution is -2.34. The van der Waals surface area contributed by atoms with Crippen molar-refractivity contribution in [1.29, 1.82) is 0 Å². The van der Waals surface area contributed by atoms with Crippen molar-refractivity contribution in [3.8, 4) is 0 Å². The summed E-state index contributed by atoms with van der Waals surface area (Å²) in [5, 5.41) is 4.03. The molecule has 1 amide bonds. The summed E-state index contributed by atoms with van der Waals surface area (Å²) in [6, 6.07) is 12.6. The lowest BCUT2D eigenvalue weighted by molar-refractivity contribution is -0.117. The SMILES string of the molecule is BC1C(C(=O)NCc2cnc(C)cn2)=C2Sc3ccccc3N2c2nc(N3CCCN(C)CC3)ccc21. The summed E-state index contributed by atoms with van der Waals surface area (Å²) in [7, 11) is 4.29. The number of carbonyl (C=O) groups excluding carboxylic acids is 1. The Kier molecular flexibility index (Phi) is 6.38. The third-order valence-corrected chi connectivity index (χ3v) is 8.46. The van der Waals surface area contributed by atoms with E-state index >= 15 is 0 Å². The molecule has 1 atom stereocenters. The second kappa shape index (κ2) is 9.83. The number of para-hydroxylation sites is 1. The summed E-state index contributed by atoms with van der Waals surface area (Å²) in [4.78, 5) is 35.6. The van der Waals surface area contributed by atoms with Crippen LogP contribution in [0.1, 0.15) is 29.2 Å². The van der Waals surface area contributed by atoms with Gasteiger partial charge in [0.1, 0.15) is 19.5 Å². The lowest BCUT2D eigenvalue weighted by atomic mass is 9.73. The third-order valence-electron chi connectivity index (χ3n) is 7.30. The van der Waals surface area contributed by atoms with E-state index in [1.54, 1.807) is 24.2 Å². The number of pyridine rings is 1. The molecule has 1 N–H and O–H groups in total. The maximum atomic E-state index is 13.6. The average Bonchev–Trinajstić information content (AvgIpc) is 3.15. The predicted octanol–water partition coefficient (Wildman–Crippen LogP) is 2.78. The first-order valence-electron chi connectivity index (χ1n) is 12.8. The Labute approximate surface area is 222 Å². The standard InChI is InChI=1S/C27H30BN7OS/c1-17-14-30-18(15-29-17)16-31-26(36)23-24(28)19-8-9-22(34-11-5-10-33(2)12-13-34)32-25(19)35-20-6-3-4-7-21(20)37-27(23)35/h3-4,6-9,14-15,24H,5,10-13,16,28H2,1-2H3,(H,31,36). The van der Waals surface area contributed by atoms with Crippen molar-refractivity contribution in [3.63, 3.8) is 0 Å². The van der Waals surface area contributed by atoms with Gasteiger partial charge >= 0.3 is 0 Å². The second-order valence-corrected chi connectivity index (χ2v) is 10.9. The fourth-order valence-electron chi connectivity index (χ4n) is 5.20. The van der Waals surface area contributed by atoms with E-state index < -0.39 is 0 Å². The third kappa shape index (κ3) is 4.49. The van der Waals surface area contributed by atoms with Crippen molar-refractivity contribution in [3.05, 3.63) is 76.3 Å². The summed E-state index contributed by atoms with van der Waals surface area (Å²) < 4.78 is 0. The van der Waals surface area contributed by atoms with Crippen LogP contribution in [0.2, 0.25) is 0 Å². The number of likely N-dealkylation sites (N-methyl/N-ethyl adjacent to an activating group) is 1. The Balaban J connectivity index is 1.36. The first kappa shape index (κ1) is 24.0. The van der Waals surface area contributed by atoms with E-state index in [1.165, 1.54) is 0 Å². The van der Waals surface area contributed by atoms with Crippen molar-refractivity contribution >= 4 is 42.8 Å². The maximum absolute atomic E-state index is 13.6. The molecule has 1 aromatic carbocycles. The number of thioether (sulfide) groups is 1. The van der Waals surface area contributed by atoms with Crippen molar-refractivity contribution in [1.82, 2.24) is 25.2 Å². The molecule has 3 aliphatic heterocycles. The van der Waals surface area contributed by atoms with Gasteiger partial charge in [0.05, 0.1) is 34.8 Å². The highest BCUT2D eigenvalue weighted by atomic mass is 32.2. The Bertz CT molecular complexity index is 1380. The molecule has 10 heteroatoms. The normalized spacial score (nSPS) is 19.2. The number of fused-ring (bicyclic) bond motifs is 5.